The van der Waals surface area contributed by atoms with Crippen molar-refractivity contribution in [3.8, 4) is 11.4 Å². The van der Waals surface area contributed by atoms with E-state index in [1.807, 2.05) is 36.6 Å². The molecule has 0 saturated heterocycles. The molecule has 4 heteroatoms. The molecule has 1 amide bonds. The molecule has 1 heterocycles. The van der Waals surface area contributed by atoms with E-state index in [2.05, 4.69) is 0 Å². The Balaban J connectivity index is 2.54. The van der Waals surface area contributed by atoms with Crippen LogP contribution in [0, 0.1) is 13.8 Å². The van der Waals surface area contributed by atoms with E-state index in [1.54, 1.807) is 31.1 Å². The van der Waals surface area contributed by atoms with Gasteiger partial charge in [-0.15, -0.1) is 0 Å². The minimum absolute atomic E-state index is 0.00173. The summed E-state index contributed by atoms with van der Waals surface area (Å²) in [5.74, 6) is 0.230. The van der Waals surface area contributed by atoms with Gasteiger partial charge in [0.2, 0.25) is 0 Å². The fraction of sp³-hybridized carbons (Fsp3) is 0.267. The first-order valence-corrected chi connectivity index (χ1v) is 6.12. The topological polar surface area (TPSA) is 45.5 Å². The molecule has 0 spiro atoms. The quantitative estimate of drug-likeness (QED) is 0.899. The lowest BCUT2D eigenvalue weighted by atomic mass is 10.2. The van der Waals surface area contributed by atoms with E-state index in [4.69, 9.17) is 0 Å². The minimum Gasteiger partial charge on any atom is -0.508 e. The molecule has 0 bridgehead atoms. The van der Waals surface area contributed by atoms with Gasteiger partial charge in [-0.05, 0) is 44.2 Å². The lowest BCUT2D eigenvalue weighted by molar-refractivity contribution is 0.0827. The Morgan fingerprint density at radius 3 is 2.26 bits per heavy atom. The van der Waals surface area contributed by atoms with Crippen LogP contribution < -0.4 is 0 Å². The van der Waals surface area contributed by atoms with Crippen molar-refractivity contribution in [1.82, 2.24) is 9.47 Å². The summed E-state index contributed by atoms with van der Waals surface area (Å²) in [5.41, 5.74) is 3.54. The summed E-state index contributed by atoms with van der Waals surface area (Å²) in [4.78, 5) is 13.7. The number of phenols is 1. The van der Waals surface area contributed by atoms with Gasteiger partial charge in [0.25, 0.3) is 5.91 Å². The van der Waals surface area contributed by atoms with E-state index >= 15 is 0 Å². The maximum absolute atomic E-state index is 12.1. The first kappa shape index (κ1) is 13.2. The Bertz CT molecular complexity index is 610. The molecule has 0 radical (unpaired) electrons. The number of aryl methyl sites for hydroxylation is 1. The van der Waals surface area contributed by atoms with Crippen molar-refractivity contribution in [3.63, 3.8) is 0 Å². The van der Waals surface area contributed by atoms with Crippen LogP contribution in [0.4, 0.5) is 0 Å². The van der Waals surface area contributed by atoms with E-state index in [1.165, 1.54) is 0 Å². The lowest BCUT2D eigenvalue weighted by Crippen LogP contribution is -2.22. The Morgan fingerprint density at radius 1 is 1.16 bits per heavy atom. The average Bonchev–Trinajstić information content (AvgIpc) is 2.65. The van der Waals surface area contributed by atoms with E-state index in [-0.39, 0.29) is 11.7 Å². The molecule has 1 aromatic heterocycles. The van der Waals surface area contributed by atoms with Gasteiger partial charge in [0.05, 0.1) is 5.56 Å². The second kappa shape index (κ2) is 4.80. The highest BCUT2D eigenvalue weighted by molar-refractivity contribution is 5.95. The first-order chi connectivity index (χ1) is 8.91. The summed E-state index contributed by atoms with van der Waals surface area (Å²) in [7, 11) is 3.49. The predicted molar refractivity (Wildman–Crippen MR) is 74.9 cm³/mol. The SMILES string of the molecule is Cc1cc(C(=O)N(C)C)c(C)n1-c1ccc(O)cc1. The zero-order valence-electron chi connectivity index (χ0n) is 11.6. The van der Waals surface area contributed by atoms with Crippen LogP contribution in [0.5, 0.6) is 5.75 Å². The molecule has 4 nitrogen and oxygen atoms in total. The van der Waals surface area contributed by atoms with Crippen molar-refractivity contribution in [2.45, 2.75) is 13.8 Å². The summed E-state index contributed by atoms with van der Waals surface area (Å²) in [6.07, 6.45) is 0. The summed E-state index contributed by atoms with van der Waals surface area (Å²) >= 11 is 0. The Hall–Kier alpha value is -2.23. The second-order valence-corrected chi connectivity index (χ2v) is 4.84. The highest BCUT2D eigenvalue weighted by Gasteiger charge is 2.17. The smallest absolute Gasteiger partial charge is 0.255 e. The number of aromatic nitrogens is 1. The van der Waals surface area contributed by atoms with Gasteiger partial charge >= 0.3 is 0 Å². The van der Waals surface area contributed by atoms with Crippen molar-refractivity contribution in [2.24, 2.45) is 0 Å². The highest BCUT2D eigenvalue weighted by Crippen LogP contribution is 2.23. The van der Waals surface area contributed by atoms with Crippen LogP contribution in [-0.4, -0.2) is 34.6 Å². The Morgan fingerprint density at radius 2 is 1.74 bits per heavy atom. The van der Waals surface area contributed by atoms with Crippen LogP contribution >= 0.6 is 0 Å². The van der Waals surface area contributed by atoms with Crippen LogP contribution in [0.3, 0.4) is 0 Å². The Labute approximate surface area is 112 Å². The maximum atomic E-state index is 12.1. The fourth-order valence-corrected chi connectivity index (χ4v) is 2.22. The summed E-state index contributed by atoms with van der Waals surface area (Å²) in [6.45, 7) is 3.89. The number of nitrogens with zero attached hydrogens (tertiary/aromatic N) is 2. The zero-order valence-corrected chi connectivity index (χ0v) is 11.6. The highest BCUT2D eigenvalue weighted by atomic mass is 16.3. The van der Waals surface area contributed by atoms with Crippen LogP contribution in [-0.2, 0) is 0 Å². The van der Waals surface area contributed by atoms with E-state index in [0.29, 0.717) is 5.56 Å². The number of carbonyl (C=O) groups is 1. The van der Waals surface area contributed by atoms with Crippen molar-refractivity contribution >= 4 is 5.91 Å². The molecule has 0 aliphatic carbocycles. The second-order valence-electron chi connectivity index (χ2n) is 4.84. The fourth-order valence-electron chi connectivity index (χ4n) is 2.22. The Kier molecular flexibility index (Phi) is 3.34. The van der Waals surface area contributed by atoms with Crippen LogP contribution in [0.1, 0.15) is 21.7 Å². The summed E-state index contributed by atoms with van der Waals surface area (Å²) in [5, 5.41) is 9.34. The third-order valence-electron chi connectivity index (χ3n) is 3.18. The molecule has 0 aliphatic rings. The molecule has 19 heavy (non-hydrogen) atoms. The molecule has 0 unspecified atom stereocenters. The van der Waals surface area contributed by atoms with Crippen LogP contribution in [0.2, 0.25) is 0 Å². The number of hydrogen-bond donors (Lipinski definition) is 1. The van der Waals surface area contributed by atoms with Gasteiger partial charge in [0.1, 0.15) is 5.75 Å². The van der Waals surface area contributed by atoms with Gasteiger partial charge in [-0.1, -0.05) is 0 Å². The largest absolute Gasteiger partial charge is 0.508 e. The maximum Gasteiger partial charge on any atom is 0.255 e. The van der Waals surface area contributed by atoms with E-state index in [9.17, 15) is 9.90 Å². The number of phenolic OH excluding ortho intramolecular Hbond substituents is 1. The summed E-state index contributed by atoms with van der Waals surface area (Å²) < 4.78 is 2.01. The normalized spacial score (nSPS) is 10.5. The predicted octanol–water partition coefficient (Wildman–Crippen LogP) is 2.50. The number of rotatable bonds is 2. The van der Waals surface area contributed by atoms with Crippen LogP contribution in [0.15, 0.2) is 30.3 Å². The van der Waals surface area contributed by atoms with Crippen molar-refractivity contribution in [1.29, 1.82) is 0 Å². The third-order valence-corrected chi connectivity index (χ3v) is 3.18. The average molecular weight is 258 g/mol. The number of aromatic hydroxyl groups is 1. The van der Waals surface area contributed by atoms with Crippen molar-refractivity contribution in [3.05, 3.63) is 47.3 Å². The van der Waals surface area contributed by atoms with Gasteiger partial charge in [0.15, 0.2) is 0 Å². The standard InChI is InChI=1S/C15H18N2O2/c1-10-9-14(15(19)16(3)4)11(2)17(10)12-5-7-13(18)8-6-12/h5-9,18H,1-4H3. The molecule has 2 aromatic rings. The van der Waals surface area contributed by atoms with Gasteiger partial charge in [-0.3, -0.25) is 4.79 Å². The van der Waals surface area contributed by atoms with Gasteiger partial charge in [-0.2, -0.15) is 0 Å². The van der Waals surface area contributed by atoms with Crippen LogP contribution in [0.25, 0.3) is 5.69 Å². The number of amides is 1. The van der Waals surface area contributed by atoms with E-state index in [0.717, 1.165) is 17.1 Å². The van der Waals surface area contributed by atoms with Gasteiger partial charge in [0, 0.05) is 31.2 Å². The summed E-state index contributed by atoms with van der Waals surface area (Å²) in [6, 6.07) is 8.84. The van der Waals surface area contributed by atoms with Crippen molar-refractivity contribution < 1.29 is 9.90 Å². The molecule has 0 atom stereocenters. The van der Waals surface area contributed by atoms with Gasteiger partial charge < -0.3 is 14.6 Å². The van der Waals surface area contributed by atoms with E-state index < -0.39 is 0 Å². The molecule has 0 fully saturated rings. The van der Waals surface area contributed by atoms with Gasteiger partial charge in [-0.25, -0.2) is 0 Å². The number of hydrogen-bond acceptors (Lipinski definition) is 2. The molecular formula is C15H18N2O2. The molecular weight excluding hydrogens is 240 g/mol. The molecule has 2 rings (SSSR count). The minimum atomic E-state index is -0.00173. The lowest BCUT2D eigenvalue weighted by Gasteiger charge is -2.12. The molecule has 1 aromatic carbocycles. The molecule has 0 saturated carbocycles. The zero-order chi connectivity index (χ0) is 14.2. The molecule has 0 aliphatic heterocycles. The van der Waals surface area contributed by atoms with Crippen molar-refractivity contribution in [2.75, 3.05) is 14.1 Å². The number of carbonyl (C=O) groups excluding carboxylic acids is 1. The first-order valence-electron chi connectivity index (χ1n) is 6.12. The third kappa shape index (κ3) is 2.34. The molecule has 1 N–H and O–H groups in total. The number of benzene rings is 1. The molecule has 100 valence electrons. The monoisotopic (exact) mass is 258 g/mol.